The van der Waals surface area contributed by atoms with Gasteiger partial charge in [-0.1, -0.05) is 77.1 Å². The molecular weight excluding hydrogens is 398 g/mol. The normalized spacial score (nSPS) is 10.9. The van der Waals surface area contributed by atoms with Crippen molar-refractivity contribution in [1.82, 2.24) is 19.9 Å². The molecule has 0 spiro atoms. The Morgan fingerprint density at radius 1 is 1.07 bits per heavy atom. The Morgan fingerprint density at radius 2 is 1.83 bits per heavy atom. The van der Waals surface area contributed by atoms with Crippen molar-refractivity contribution in [3.05, 3.63) is 66.2 Å². The van der Waals surface area contributed by atoms with E-state index in [1.165, 1.54) is 17.3 Å². The molecule has 1 N–H and O–H groups in total. The monoisotopic (exact) mass is 419 g/mol. The molecule has 0 aliphatic heterocycles. The number of hydrogen-bond acceptors (Lipinski definition) is 6. The Bertz CT molecular complexity index is 1140. The maximum Gasteiger partial charge on any atom is 0.237 e. The second kappa shape index (κ2) is 8.96. The first-order valence-corrected chi connectivity index (χ1v) is 10.6. The first-order chi connectivity index (χ1) is 14.6. The lowest BCUT2D eigenvalue weighted by Gasteiger charge is -2.07. The fourth-order valence-electron chi connectivity index (χ4n) is 2.98. The standard InChI is InChI=1S/C22H21N5O2S/c1-3-27-21(17-7-5-4-6-8-17)24-25-22(27)30-14-19(28)23-20-13-18(26-29-20)16-11-9-15(2)10-12-16/h4-13H,3,14H2,1-2H3,(H,23,28). The van der Waals surface area contributed by atoms with E-state index in [-0.39, 0.29) is 11.7 Å². The van der Waals surface area contributed by atoms with E-state index in [2.05, 4.69) is 20.7 Å². The molecule has 7 nitrogen and oxygen atoms in total. The van der Waals surface area contributed by atoms with Crippen LogP contribution in [0.25, 0.3) is 22.6 Å². The molecule has 0 aliphatic rings. The summed E-state index contributed by atoms with van der Waals surface area (Å²) in [6.45, 7) is 4.77. The van der Waals surface area contributed by atoms with Crippen LogP contribution >= 0.6 is 11.8 Å². The third-order valence-corrected chi connectivity index (χ3v) is 5.48. The zero-order valence-corrected chi connectivity index (χ0v) is 17.5. The van der Waals surface area contributed by atoms with Crippen molar-refractivity contribution in [2.45, 2.75) is 25.5 Å². The lowest BCUT2D eigenvalue weighted by atomic mass is 10.1. The third-order valence-electron chi connectivity index (χ3n) is 4.52. The van der Waals surface area contributed by atoms with E-state index in [9.17, 15) is 4.79 Å². The summed E-state index contributed by atoms with van der Waals surface area (Å²) in [6, 6.07) is 19.5. The largest absolute Gasteiger partial charge is 0.338 e. The molecule has 0 bridgehead atoms. The average Bonchev–Trinajstić information content (AvgIpc) is 3.40. The summed E-state index contributed by atoms with van der Waals surface area (Å²) in [7, 11) is 0. The molecule has 4 rings (SSSR count). The number of aryl methyl sites for hydroxylation is 1. The molecule has 4 aromatic rings. The van der Waals surface area contributed by atoms with Crippen LogP contribution in [0.4, 0.5) is 5.88 Å². The van der Waals surface area contributed by atoms with E-state index in [0.717, 1.165) is 17.0 Å². The molecule has 2 aromatic heterocycles. The number of benzene rings is 2. The number of nitrogens with zero attached hydrogens (tertiary/aromatic N) is 4. The quantitative estimate of drug-likeness (QED) is 0.439. The Hall–Kier alpha value is -3.39. The smallest absolute Gasteiger partial charge is 0.237 e. The van der Waals surface area contributed by atoms with Gasteiger partial charge in [0, 0.05) is 23.7 Å². The van der Waals surface area contributed by atoms with Crippen LogP contribution in [0.3, 0.4) is 0 Å². The Balaban J connectivity index is 1.39. The molecule has 152 valence electrons. The van der Waals surface area contributed by atoms with Crippen molar-refractivity contribution in [1.29, 1.82) is 0 Å². The van der Waals surface area contributed by atoms with Crippen molar-refractivity contribution in [3.63, 3.8) is 0 Å². The highest BCUT2D eigenvalue weighted by molar-refractivity contribution is 7.99. The maximum atomic E-state index is 12.4. The number of carbonyl (C=O) groups excluding carboxylic acids is 1. The molecule has 2 heterocycles. The van der Waals surface area contributed by atoms with Crippen molar-refractivity contribution >= 4 is 23.6 Å². The zero-order chi connectivity index (χ0) is 20.9. The van der Waals surface area contributed by atoms with Crippen LogP contribution in [0.1, 0.15) is 12.5 Å². The minimum absolute atomic E-state index is 0.188. The fourth-order valence-corrected chi connectivity index (χ4v) is 3.78. The number of rotatable bonds is 7. The van der Waals surface area contributed by atoms with Crippen molar-refractivity contribution in [2.75, 3.05) is 11.1 Å². The first kappa shape index (κ1) is 19.9. The van der Waals surface area contributed by atoms with Crippen LogP contribution in [0.15, 0.2) is 70.3 Å². The van der Waals surface area contributed by atoms with Gasteiger partial charge in [-0.05, 0) is 13.8 Å². The Kier molecular flexibility index (Phi) is 5.94. The highest BCUT2D eigenvalue weighted by Crippen LogP contribution is 2.25. The molecule has 0 radical (unpaired) electrons. The number of anilines is 1. The Labute approximate surface area is 178 Å². The molecule has 0 saturated heterocycles. The van der Waals surface area contributed by atoms with Gasteiger partial charge >= 0.3 is 0 Å². The van der Waals surface area contributed by atoms with Gasteiger partial charge in [-0.15, -0.1) is 10.2 Å². The number of nitrogens with one attached hydrogen (secondary N) is 1. The van der Waals surface area contributed by atoms with Crippen LogP contribution in [-0.4, -0.2) is 31.6 Å². The maximum absolute atomic E-state index is 12.4. The Morgan fingerprint density at radius 3 is 2.57 bits per heavy atom. The molecule has 0 atom stereocenters. The number of amides is 1. The van der Waals surface area contributed by atoms with Crippen LogP contribution in [0.2, 0.25) is 0 Å². The molecule has 0 fully saturated rings. The van der Waals surface area contributed by atoms with Gasteiger partial charge in [0.2, 0.25) is 11.8 Å². The summed E-state index contributed by atoms with van der Waals surface area (Å²) < 4.78 is 7.25. The van der Waals surface area contributed by atoms with Crippen molar-refractivity contribution < 1.29 is 9.32 Å². The summed E-state index contributed by atoms with van der Waals surface area (Å²) in [5.41, 5.74) is 3.77. The predicted molar refractivity (Wildman–Crippen MR) is 117 cm³/mol. The minimum Gasteiger partial charge on any atom is -0.338 e. The van der Waals surface area contributed by atoms with Gasteiger partial charge in [0.15, 0.2) is 11.0 Å². The summed E-state index contributed by atoms with van der Waals surface area (Å²) in [4.78, 5) is 12.4. The van der Waals surface area contributed by atoms with E-state index in [1.807, 2.05) is 73.0 Å². The molecule has 0 saturated carbocycles. The summed E-state index contributed by atoms with van der Waals surface area (Å²) in [6.07, 6.45) is 0. The topological polar surface area (TPSA) is 85.8 Å². The van der Waals surface area contributed by atoms with E-state index in [0.29, 0.717) is 23.3 Å². The summed E-state index contributed by atoms with van der Waals surface area (Å²) in [5.74, 6) is 1.10. The molecule has 2 aromatic carbocycles. The van der Waals surface area contributed by atoms with E-state index in [1.54, 1.807) is 6.07 Å². The number of thioether (sulfide) groups is 1. The van der Waals surface area contributed by atoms with Gasteiger partial charge in [0.25, 0.3) is 0 Å². The molecule has 0 unspecified atom stereocenters. The lowest BCUT2D eigenvalue weighted by Crippen LogP contribution is -2.14. The first-order valence-electron chi connectivity index (χ1n) is 9.59. The molecule has 30 heavy (non-hydrogen) atoms. The van der Waals surface area contributed by atoms with Gasteiger partial charge < -0.3 is 9.09 Å². The second-order valence-corrected chi connectivity index (χ2v) is 7.64. The summed E-state index contributed by atoms with van der Waals surface area (Å²) in [5, 5.41) is 16.0. The van der Waals surface area contributed by atoms with Crippen LogP contribution < -0.4 is 5.32 Å². The molecule has 0 aliphatic carbocycles. The van der Waals surface area contributed by atoms with Gasteiger partial charge in [-0.25, -0.2) is 0 Å². The molecule has 1 amide bonds. The fraction of sp³-hybridized carbons (Fsp3) is 0.182. The third kappa shape index (κ3) is 4.44. The highest BCUT2D eigenvalue weighted by atomic mass is 32.2. The minimum atomic E-state index is -0.196. The zero-order valence-electron chi connectivity index (χ0n) is 16.7. The summed E-state index contributed by atoms with van der Waals surface area (Å²) >= 11 is 1.33. The SMILES string of the molecule is CCn1c(SCC(=O)Nc2cc(-c3ccc(C)cc3)no2)nnc1-c1ccccc1. The van der Waals surface area contributed by atoms with Crippen molar-refractivity contribution in [2.24, 2.45) is 0 Å². The number of hydrogen-bond donors (Lipinski definition) is 1. The molecule has 8 heteroatoms. The van der Waals surface area contributed by atoms with Gasteiger partial charge in [0.1, 0.15) is 5.69 Å². The van der Waals surface area contributed by atoms with Gasteiger partial charge in [0.05, 0.1) is 5.75 Å². The van der Waals surface area contributed by atoms with Crippen LogP contribution in [0, 0.1) is 6.92 Å². The number of aromatic nitrogens is 4. The lowest BCUT2D eigenvalue weighted by molar-refractivity contribution is -0.113. The second-order valence-electron chi connectivity index (χ2n) is 6.70. The van der Waals surface area contributed by atoms with Crippen LogP contribution in [0.5, 0.6) is 0 Å². The van der Waals surface area contributed by atoms with Crippen LogP contribution in [-0.2, 0) is 11.3 Å². The van der Waals surface area contributed by atoms with E-state index in [4.69, 9.17) is 4.52 Å². The average molecular weight is 420 g/mol. The number of carbonyl (C=O) groups is 1. The van der Waals surface area contributed by atoms with Gasteiger partial charge in [-0.2, -0.15) is 0 Å². The van der Waals surface area contributed by atoms with Crippen molar-refractivity contribution in [3.8, 4) is 22.6 Å². The predicted octanol–water partition coefficient (Wildman–Crippen LogP) is 4.66. The highest BCUT2D eigenvalue weighted by Gasteiger charge is 2.15. The molecular formula is C22H21N5O2S. The van der Waals surface area contributed by atoms with Gasteiger partial charge in [-0.3, -0.25) is 10.1 Å². The van der Waals surface area contributed by atoms with E-state index >= 15 is 0 Å². The van der Waals surface area contributed by atoms with E-state index < -0.39 is 0 Å².